The number of imide groups is 1. The summed E-state index contributed by atoms with van der Waals surface area (Å²) in [7, 11) is 0. The van der Waals surface area contributed by atoms with Crippen molar-refractivity contribution in [1.82, 2.24) is 15.1 Å². The van der Waals surface area contributed by atoms with Crippen molar-refractivity contribution in [1.29, 1.82) is 0 Å². The van der Waals surface area contributed by atoms with Gasteiger partial charge in [0.25, 0.3) is 5.91 Å². The van der Waals surface area contributed by atoms with E-state index in [0.717, 1.165) is 56.5 Å². The highest BCUT2D eigenvalue weighted by Gasteiger charge is 2.39. The molecule has 0 spiro atoms. The molecule has 8 heteroatoms. The molecule has 2 N–H and O–H groups in total. The van der Waals surface area contributed by atoms with Gasteiger partial charge < -0.3 is 14.7 Å². The number of hydrogen-bond acceptors (Lipinski definition) is 6. The third-order valence-electron chi connectivity index (χ3n) is 7.42. The average Bonchev–Trinajstić information content (AvgIpc) is 3.10. The van der Waals surface area contributed by atoms with Crippen LogP contribution >= 0.6 is 0 Å². The van der Waals surface area contributed by atoms with E-state index in [4.69, 9.17) is 4.74 Å². The van der Waals surface area contributed by atoms with Crippen LogP contribution in [0.5, 0.6) is 5.75 Å². The van der Waals surface area contributed by atoms with Crippen LogP contribution in [0.4, 0.5) is 0 Å². The summed E-state index contributed by atoms with van der Waals surface area (Å²) in [5, 5.41) is 12.2. The van der Waals surface area contributed by atoms with Gasteiger partial charge in [-0.05, 0) is 62.3 Å². The van der Waals surface area contributed by atoms with E-state index in [1.165, 1.54) is 6.42 Å². The van der Waals surface area contributed by atoms with Crippen molar-refractivity contribution in [3.8, 4) is 5.75 Å². The first-order valence-corrected chi connectivity index (χ1v) is 11.9. The van der Waals surface area contributed by atoms with Crippen molar-refractivity contribution in [2.45, 2.75) is 82.2 Å². The number of ether oxygens (including phenoxy) is 1. The van der Waals surface area contributed by atoms with Gasteiger partial charge in [-0.15, -0.1) is 0 Å². The molecule has 1 aliphatic carbocycles. The molecule has 0 radical (unpaired) electrons. The van der Waals surface area contributed by atoms with Crippen LogP contribution in [-0.2, 0) is 16.1 Å². The van der Waals surface area contributed by atoms with Crippen molar-refractivity contribution in [2.75, 3.05) is 13.1 Å². The van der Waals surface area contributed by atoms with Gasteiger partial charge in [-0.3, -0.25) is 24.6 Å². The highest BCUT2D eigenvalue weighted by atomic mass is 16.5. The Morgan fingerprint density at radius 3 is 2.56 bits per heavy atom. The largest absolute Gasteiger partial charge is 0.489 e. The van der Waals surface area contributed by atoms with Crippen LogP contribution in [0.25, 0.3) is 0 Å². The van der Waals surface area contributed by atoms with Crippen molar-refractivity contribution >= 4 is 17.7 Å². The van der Waals surface area contributed by atoms with Gasteiger partial charge in [0.1, 0.15) is 17.9 Å². The second-order valence-electron chi connectivity index (χ2n) is 9.49. The van der Waals surface area contributed by atoms with E-state index in [1.54, 1.807) is 11.0 Å². The van der Waals surface area contributed by atoms with Crippen molar-refractivity contribution < 1.29 is 24.2 Å². The molecule has 2 saturated heterocycles. The van der Waals surface area contributed by atoms with Gasteiger partial charge in [0, 0.05) is 37.7 Å². The Labute approximate surface area is 187 Å². The summed E-state index contributed by atoms with van der Waals surface area (Å²) in [6.07, 6.45) is 6.61. The maximum Gasteiger partial charge on any atom is 0.255 e. The van der Waals surface area contributed by atoms with E-state index in [0.29, 0.717) is 24.6 Å². The van der Waals surface area contributed by atoms with Crippen LogP contribution in [-0.4, -0.2) is 70.0 Å². The summed E-state index contributed by atoms with van der Waals surface area (Å²) in [5.74, 6) is -0.0778. The van der Waals surface area contributed by atoms with Gasteiger partial charge in [0.15, 0.2) is 0 Å². The maximum atomic E-state index is 12.9. The minimum absolute atomic E-state index is 0.0976. The molecule has 5 rings (SSSR count). The monoisotopic (exact) mass is 441 g/mol. The van der Waals surface area contributed by atoms with Crippen LogP contribution in [0.2, 0.25) is 0 Å². The number of nitrogens with zero attached hydrogens (tertiary/aromatic N) is 2. The van der Waals surface area contributed by atoms with Gasteiger partial charge in [-0.2, -0.15) is 0 Å². The number of nitrogens with one attached hydrogen (secondary N) is 1. The quantitative estimate of drug-likeness (QED) is 0.689. The molecule has 1 saturated carbocycles. The van der Waals surface area contributed by atoms with Crippen LogP contribution < -0.4 is 10.1 Å². The zero-order valence-corrected chi connectivity index (χ0v) is 18.3. The van der Waals surface area contributed by atoms with Crippen LogP contribution in [0.1, 0.15) is 67.3 Å². The smallest absolute Gasteiger partial charge is 0.255 e. The third-order valence-corrected chi connectivity index (χ3v) is 7.42. The number of aliphatic hydroxyl groups excluding tert-OH is 1. The first-order chi connectivity index (χ1) is 15.5. The zero-order chi connectivity index (χ0) is 22.2. The van der Waals surface area contributed by atoms with E-state index in [-0.39, 0.29) is 30.4 Å². The highest BCUT2D eigenvalue weighted by molar-refractivity contribution is 6.05. The molecule has 4 aliphatic rings. The first kappa shape index (κ1) is 21.4. The molecule has 3 fully saturated rings. The number of aliphatic hydroxyl groups is 1. The van der Waals surface area contributed by atoms with Gasteiger partial charge >= 0.3 is 0 Å². The van der Waals surface area contributed by atoms with Gasteiger partial charge in [-0.25, -0.2) is 0 Å². The fourth-order valence-electron chi connectivity index (χ4n) is 5.65. The lowest BCUT2D eigenvalue weighted by Gasteiger charge is -2.42. The fraction of sp³-hybridized carbons (Fsp3) is 0.625. The lowest BCUT2D eigenvalue weighted by molar-refractivity contribution is -0.136. The summed E-state index contributed by atoms with van der Waals surface area (Å²) < 4.78 is 6.47. The number of rotatable bonds is 4. The van der Waals surface area contributed by atoms with Crippen molar-refractivity contribution in [3.63, 3.8) is 0 Å². The van der Waals surface area contributed by atoms with E-state index in [2.05, 4.69) is 10.2 Å². The maximum absolute atomic E-state index is 12.9. The number of benzene rings is 1. The standard InChI is InChI=1S/C24H31N3O5/c28-16-9-11-26(12-10-16)19-3-1-2-4-21(19)32-17-5-6-18-15(13-17)14-27(24(18)31)20-7-8-22(29)25-23(20)30/h5-6,13,16,19-21,28H,1-4,7-12,14H2,(H,25,29,30)/t19-,20?,21-/m1/s1. The number of likely N-dealkylation sites (tertiary alicyclic amines) is 1. The number of carbonyl (C=O) groups excluding carboxylic acids is 3. The number of piperidine rings is 2. The SMILES string of the molecule is O=C1CCC(N2Cc3cc(O[C@@H]4CCCC[C@H]4N4CCC(O)CC4)ccc3C2=O)C(=O)N1. The van der Waals surface area contributed by atoms with E-state index in [1.807, 2.05) is 12.1 Å². The summed E-state index contributed by atoms with van der Waals surface area (Å²) in [5.41, 5.74) is 1.47. The highest BCUT2D eigenvalue weighted by Crippen LogP contribution is 2.33. The Balaban J connectivity index is 1.28. The molecule has 172 valence electrons. The molecule has 0 bridgehead atoms. The normalized spacial score (nSPS) is 29.7. The lowest BCUT2D eigenvalue weighted by Crippen LogP contribution is -2.52. The molecule has 3 heterocycles. The Bertz CT molecular complexity index is 911. The Morgan fingerprint density at radius 2 is 1.78 bits per heavy atom. The van der Waals surface area contributed by atoms with Gasteiger partial charge in [-0.1, -0.05) is 6.42 Å². The minimum atomic E-state index is -0.603. The molecule has 3 atom stereocenters. The summed E-state index contributed by atoms with van der Waals surface area (Å²) in [4.78, 5) is 40.7. The molecular formula is C24H31N3O5. The molecule has 3 amide bonds. The number of carbonyl (C=O) groups is 3. The molecule has 8 nitrogen and oxygen atoms in total. The molecule has 0 aromatic heterocycles. The minimum Gasteiger partial charge on any atom is -0.489 e. The van der Waals surface area contributed by atoms with Crippen LogP contribution in [0.15, 0.2) is 18.2 Å². The van der Waals surface area contributed by atoms with Crippen molar-refractivity contribution in [3.05, 3.63) is 29.3 Å². The molecule has 3 aliphatic heterocycles. The predicted molar refractivity (Wildman–Crippen MR) is 116 cm³/mol. The van der Waals surface area contributed by atoms with E-state index >= 15 is 0 Å². The summed E-state index contributed by atoms with van der Waals surface area (Å²) in [6.45, 7) is 2.17. The molecule has 1 unspecified atom stereocenters. The summed E-state index contributed by atoms with van der Waals surface area (Å²) >= 11 is 0. The lowest BCUT2D eigenvalue weighted by atomic mass is 9.89. The number of amides is 3. The van der Waals surface area contributed by atoms with Crippen LogP contribution in [0.3, 0.4) is 0 Å². The van der Waals surface area contributed by atoms with Crippen molar-refractivity contribution in [2.24, 2.45) is 0 Å². The fourth-order valence-corrected chi connectivity index (χ4v) is 5.65. The number of hydrogen-bond donors (Lipinski definition) is 2. The third kappa shape index (κ3) is 4.13. The molecule has 1 aromatic carbocycles. The Kier molecular flexibility index (Phi) is 5.90. The van der Waals surface area contributed by atoms with Gasteiger partial charge in [0.05, 0.1) is 6.10 Å². The second kappa shape index (κ2) is 8.83. The Hall–Kier alpha value is -2.45. The molecule has 32 heavy (non-hydrogen) atoms. The van der Waals surface area contributed by atoms with Gasteiger partial charge in [0.2, 0.25) is 11.8 Å². The van der Waals surface area contributed by atoms with E-state index in [9.17, 15) is 19.5 Å². The first-order valence-electron chi connectivity index (χ1n) is 11.9. The van der Waals surface area contributed by atoms with E-state index < -0.39 is 11.9 Å². The van der Waals surface area contributed by atoms with Crippen LogP contribution in [0, 0.1) is 0 Å². The Morgan fingerprint density at radius 1 is 1.00 bits per heavy atom. The topological polar surface area (TPSA) is 99.2 Å². The average molecular weight is 442 g/mol. The molecule has 1 aromatic rings. The summed E-state index contributed by atoms with van der Waals surface area (Å²) in [6, 6.07) is 5.34. The predicted octanol–water partition coefficient (Wildman–Crippen LogP) is 1.59. The second-order valence-corrected chi connectivity index (χ2v) is 9.49. The number of fused-ring (bicyclic) bond motifs is 1. The molecular weight excluding hydrogens is 410 g/mol. The zero-order valence-electron chi connectivity index (χ0n) is 18.3.